The van der Waals surface area contributed by atoms with Gasteiger partial charge in [0.2, 0.25) is 0 Å². The fourth-order valence-electron chi connectivity index (χ4n) is 2.76. The van der Waals surface area contributed by atoms with E-state index in [1.54, 1.807) is 16.8 Å². The van der Waals surface area contributed by atoms with Gasteiger partial charge in [-0.05, 0) is 67.4 Å². The van der Waals surface area contributed by atoms with E-state index in [4.69, 9.17) is 16.3 Å². The first kappa shape index (κ1) is 20.2. The number of carbonyl (C=O) groups is 1. The van der Waals surface area contributed by atoms with Crippen molar-refractivity contribution < 1.29 is 9.53 Å². The molecule has 3 aromatic rings. The van der Waals surface area contributed by atoms with Crippen molar-refractivity contribution in [3.8, 4) is 11.8 Å². The van der Waals surface area contributed by atoms with Gasteiger partial charge in [0, 0.05) is 16.4 Å². The molecule has 1 N–H and O–H groups in total. The number of amides is 1. The lowest BCUT2D eigenvalue weighted by atomic mass is 10.1. The van der Waals surface area contributed by atoms with Crippen LogP contribution in [0.5, 0.6) is 5.75 Å². The average molecular weight is 406 g/mol. The molecule has 0 atom stereocenters. The van der Waals surface area contributed by atoms with Crippen LogP contribution in [0.2, 0.25) is 5.02 Å². The molecule has 0 spiro atoms. The van der Waals surface area contributed by atoms with Crippen LogP contribution >= 0.6 is 11.6 Å². The summed E-state index contributed by atoms with van der Waals surface area (Å²) in [6.45, 7) is 4.15. The minimum Gasteiger partial charge on any atom is -0.489 e. The highest BCUT2D eigenvalue weighted by Gasteiger charge is 2.12. The molecule has 29 heavy (non-hydrogen) atoms. The third-order valence-corrected chi connectivity index (χ3v) is 4.59. The number of nitrogens with zero attached hydrogens (tertiary/aromatic N) is 2. The molecule has 0 saturated carbocycles. The van der Waals surface area contributed by atoms with Crippen molar-refractivity contribution in [3.63, 3.8) is 0 Å². The average Bonchev–Trinajstić information content (AvgIpc) is 3.04. The Labute approximate surface area is 174 Å². The Bertz CT molecular complexity index is 1070. The molecule has 0 bridgehead atoms. The van der Waals surface area contributed by atoms with Gasteiger partial charge in [-0.1, -0.05) is 35.9 Å². The quantitative estimate of drug-likeness (QED) is 0.462. The van der Waals surface area contributed by atoms with E-state index >= 15 is 0 Å². The third kappa shape index (κ3) is 5.28. The molecule has 0 aliphatic carbocycles. The highest BCUT2D eigenvalue weighted by Crippen LogP contribution is 2.18. The van der Waals surface area contributed by atoms with Gasteiger partial charge in [-0.25, -0.2) is 0 Å². The van der Waals surface area contributed by atoms with Gasteiger partial charge in [0.15, 0.2) is 0 Å². The van der Waals surface area contributed by atoms with Crippen molar-refractivity contribution in [2.75, 3.05) is 5.43 Å². The van der Waals surface area contributed by atoms with Crippen LogP contribution in [0.25, 0.3) is 6.08 Å². The van der Waals surface area contributed by atoms with Crippen molar-refractivity contribution in [3.05, 3.63) is 93.8 Å². The second kappa shape index (κ2) is 9.13. The Morgan fingerprint density at radius 2 is 1.83 bits per heavy atom. The number of aromatic nitrogens is 1. The summed E-state index contributed by atoms with van der Waals surface area (Å²) in [5, 5.41) is 10.1. The van der Waals surface area contributed by atoms with Gasteiger partial charge in [-0.2, -0.15) is 5.26 Å². The molecule has 0 aliphatic rings. The lowest BCUT2D eigenvalue weighted by Crippen LogP contribution is -2.25. The number of halogens is 1. The number of ether oxygens (including phenoxy) is 1. The molecule has 3 rings (SSSR count). The number of carbonyl (C=O) groups excluding carboxylic acids is 1. The molecule has 0 aliphatic heterocycles. The van der Waals surface area contributed by atoms with Gasteiger partial charge in [0.05, 0.1) is 0 Å². The first-order chi connectivity index (χ1) is 14.0. The molecule has 0 unspecified atom stereocenters. The van der Waals surface area contributed by atoms with E-state index in [2.05, 4.69) is 5.43 Å². The number of nitrogens with one attached hydrogen (secondary N) is 1. The number of aryl methyl sites for hydroxylation is 2. The second-order valence-electron chi connectivity index (χ2n) is 6.55. The normalized spacial score (nSPS) is 11.0. The molecule has 1 aromatic heterocycles. The van der Waals surface area contributed by atoms with E-state index in [0.29, 0.717) is 22.9 Å². The van der Waals surface area contributed by atoms with E-state index in [0.717, 1.165) is 17.0 Å². The summed E-state index contributed by atoms with van der Waals surface area (Å²) >= 11 is 5.89. The zero-order valence-electron chi connectivity index (χ0n) is 16.1. The number of hydrogen-bond donors (Lipinski definition) is 1. The second-order valence-corrected chi connectivity index (χ2v) is 6.99. The number of nitriles is 1. The van der Waals surface area contributed by atoms with Crippen LogP contribution in [0.15, 0.2) is 66.2 Å². The summed E-state index contributed by atoms with van der Waals surface area (Å²) < 4.78 is 7.46. The molecule has 0 radical (unpaired) electrons. The molecule has 146 valence electrons. The van der Waals surface area contributed by atoms with E-state index in [-0.39, 0.29) is 5.57 Å². The molecule has 1 heterocycles. The zero-order valence-corrected chi connectivity index (χ0v) is 16.9. The molecule has 6 heteroatoms. The lowest BCUT2D eigenvalue weighted by Gasteiger charge is -2.11. The minimum absolute atomic E-state index is 0.00681. The highest BCUT2D eigenvalue weighted by atomic mass is 35.5. The predicted octanol–water partition coefficient (Wildman–Crippen LogP) is 5.01. The van der Waals surface area contributed by atoms with Crippen LogP contribution in [-0.2, 0) is 11.4 Å². The van der Waals surface area contributed by atoms with Crippen molar-refractivity contribution >= 4 is 23.6 Å². The topological polar surface area (TPSA) is 67.0 Å². The first-order valence-electron chi connectivity index (χ1n) is 9.01. The molecular formula is C23H20ClN3O2. The molecule has 0 saturated heterocycles. The maximum atomic E-state index is 12.5. The van der Waals surface area contributed by atoms with E-state index in [1.807, 2.05) is 74.5 Å². The summed E-state index contributed by atoms with van der Waals surface area (Å²) in [6.07, 6.45) is 1.54. The van der Waals surface area contributed by atoms with Gasteiger partial charge >= 0.3 is 0 Å². The summed E-state index contributed by atoms with van der Waals surface area (Å²) in [5.41, 5.74) is 6.20. The lowest BCUT2D eigenvalue weighted by molar-refractivity contribution is -0.113. The van der Waals surface area contributed by atoms with Crippen LogP contribution in [0, 0.1) is 25.2 Å². The van der Waals surface area contributed by atoms with E-state index < -0.39 is 5.91 Å². The molecule has 5 nitrogen and oxygen atoms in total. The van der Waals surface area contributed by atoms with Gasteiger partial charge in [0.1, 0.15) is 24.0 Å². The van der Waals surface area contributed by atoms with Crippen LogP contribution in [0.1, 0.15) is 22.5 Å². The smallest absolute Gasteiger partial charge is 0.280 e. The fourth-order valence-corrected chi connectivity index (χ4v) is 2.89. The van der Waals surface area contributed by atoms with Gasteiger partial charge in [-0.15, -0.1) is 0 Å². The maximum Gasteiger partial charge on any atom is 0.280 e. The predicted molar refractivity (Wildman–Crippen MR) is 114 cm³/mol. The first-order valence-corrected chi connectivity index (χ1v) is 9.39. The Morgan fingerprint density at radius 3 is 2.48 bits per heavy atom. The standard InChI is InChI=1S/C23H20ClN3O2/c1-16-6-7-17(2)27(16)26-23(28)20(14-25)12-19-4-3-5-22(13-19)29-15-18-8-10-21(24)11-9-18/h3-13H,15H2,1-2H3,(H,26,28)/b20-12-. The SMILES string of the molecule is Cc1ccc(C)n1NC(=O)/C(C#N)=C\c1cccc(OCc2ccc(Cl)cc2)c1. The Hall–Kier alpha value is -3.49. The molecule has 1 amide bonds. The van der Waals surface area contributed by atoms with Gasteiger partial charge < -0.3 is 4.74 Å². The number of rotatable bonds is 6. The molecule has 0 fully saturated rings. The van der Waals surface area contributed by atoms with E-state index in [9.17, 15) is 10.1 Å². The largest absolute Gasteiger partial charge is 0.489 e. The monoisotopic (exact) mass is 405 g/mol. The van der Waals surface area contributed by atoms with Gasteiger partial charge in [0.25, 0.3) is 5.91 Å². The highest BCUT2D eigenvalue weighted by molar-refractivity contribution is 6.30. The minimum atomic E-state index is -0.470. The zero-order chi connectivity index (χ0) is 20.8. The van der Waals surface area contributed by atoms with Crippen molar-refractivity contribution in [1.29, 1.82) is 5.26 Å². The summed E-state index contributed by atoms with van der Waals surface area (Å²) in [5.74, 6) is 0.172. The number of benzene rings is 2. The van der Waals surface area contributed by atoms with Gasteiger partial charge in [-0.3, -0.25) is 14.9 Å². The van der Waals surface area contributed by atoms with Crippen LogP contribution < -0.4 is 10.2 Å². The number of hydrogen-bond acceptors (Lipinski definition) is 3. The summed E-state index contributed by atoms with van der Waals surface area (Å²) in [6, 6.07) is 20.4. The molecular weight excluding hydrogens is 386 g/mol. The Balaban J connectivity index is 1.72. The summed E-state index contributed by atoms with van der Waals surface area (Å²) in [7, 11) is 0. The van der Waals surface area contributed by atoms with Crippen LogP contribution in [0.4, 0.5) is 0 Å². The van der Waals surface area contributed by atoms with Crippen molar-refractivity contribution in [2.45, 2.75) is 20.5 Å². The molecule has 2 aromatic carbocycles. The van der Waals surface area contributed by atoms with Crippen LogP contribution in [0.3, 0.4) is 0 Å². The van der Waals surface area contributed by atoms with E-state index in [1.165, 1.54) is 0 Å². The third-order valence-electron chi connectivity index (χ3n) is 4.34. The van der Waals surface area contributed by atoms with Crippen LogP contribution in [-0.4, -0.2) is 10.6 Å². The maximum absolute atomic E-state index is 12.5. The summed E-state index contributed by atoms with van der Waals surface area (Å²) in [4.78, 5) is 12.5. The van der Waals surface area contributed by atoms with Crippen molar-refractivity contribution in [1.82, 2.24) is 4.68 Å². The fraction of sp³-hybridized carbons (Fsp3) is 0.130. The van der Waals surface area contributed by atoms with Crippen molar-refractivity contribution in [2.24, 2.45) is 0 Å². The Morgan fingerprint density at radius 1 is 1.14 bits per heavy atom. The Kier molecular flexibility index (Phi) is 6.38.